The molecule has 0 atom stereocenters. The largest absolute Gasteiger partial charge is 0.0722 e. The molecule has 0 aromatic rings. The van der Waals surface area contributed by atoms with Gasteiger partial charge >= 0.3 is 0 Å². The van der Waals surface area contributed by atoms with E-state index in [2.05, 4.69) is 33.1 Å². The summed E-state index contributed by atoms with van der Waals surface area (Å²) < 4.78 is 0. The smallest absolute Gasteiger partial charge is 0.0468 e. The van der Waals surface area contributed by atoms with Gasteiger partial charge in [0, 0.05) is 16.9 Å². The molecule has 0 rings (SSSR count). The first-order chi connectivity index (χ1) is 4.48. The van der Waals surface area contributed by atoms with Gasteiger partial charge in [-0.2, -0.15) is 0 Å². The van der Waals surface area contributed by atoms with Crippen molar-refractivity contribution in [3.05, 3.63) is 0 Å². The van der Waals surface area contributed by atoms with Crippen LogP contribution in [0, 0.1) is 0 Å². The summed E-state index contributed by atoms with van der Waals surface area (Å²) in [4.78, 5) is 0. The van der Waals surface area contributed by atoms with Gasteiger partial charge in [-0.1, -0.05) is 51.2 Å². The summed E-state index contributed by atoms with van der Waals surface area (Å²) in [7, 11) is -0.955. The molecular weight excluding hydrogens is 152 g/mol. The monoisotopic (exact) mass is 174 g/mol. The van der Waals surface area contributed by atoms with E-state index in [-0.39, 0.29) is 8.80 Å². The Morgan fingerprint density at radius 2 is 1.70 bits per heavy atom. The lowest BCUT2D eigenvalue weighted by Crippen LogP contribution is -2.24. The zero-order valence-electron chi connectivity index (χ0n) is 8.20. The molecule has 0 radical (unpaired) electrons. The predicted octanol–water partition coefficient (Wildman–Crippen LogP) is 3.20. The summed E-state index contributed by atoms with van der Waals surface area (Å²) >= 11 is 0. The molecule has 0 unspecified atom stereocenters. The molecule has 0 bridgehead atoms. The van der Waals surface area contributed by atoms with Crippen LogP contribution in [0.25, 0.3) is 0 Å². The summed E-state index contributed by atoms with van der Waals surface area (Å²) in [6.07, 6.45) is 0. The fourth-order valence-corrected chi connectivity index (χ4v) is 6.65. The van der Waals surface area contributed by atoms with Crippen LogP contribution in [-0.4, -0.2) is 16.9 Å². The molecule has 2 heteroatoms. The highest BCUT2D eigenvalue weighted by Gasteiger charge is 2.17. The Morgan fingerprint density at radius 1 is 1.20 bits per heavy atom. The van der Waals surface area contributed by atoms with E-state index < -0.39 is 8.07 Å². The Bertz CT molecular complexity index is 87.3. The zero-order chi connectivity index (χ0) is 8.20. The van der Waals surface area contributed by atoms with Gasteiger partial charge in [0.25, 0.3) is 0 Å². The molecule has 10 heavy (non-hydrogen) atoms. The van der Waals surface area contributed by atoms with Crippen LogP contribution in [0.1, 0.15) is 6.92 Å². The van der Waals surface area contributed by atoms with Crippen LogP contribution < -0.4 is 0 Å². The molecule has 0 fully saturated rings. The molecule has 0 aromatic carbocycles. The minimum atomic E-state index is -0.705. The van der Waals surface area contributed by atoms with Crippen molar-refractivity contribution in [2.24, 2.45) is 0 Å². The summed E-state index contributed by atoms with van der Waals surface area (Å²) in [5.41, 5.74) is 0. The van der Waals surface area contributed by atoms with Gasteiger partial charge in [0.15, 0.2) is 0 Å². The van der Waals surface area contributed by atoms with Gasteiger partial charge in [-0.3, -0.25) is 0 Å². The van der Waals surface area contributed by atoms with E-state index >= 15 is 0 Å². The van der Waals surface area contributed by atoms with Crippen molar-refractivity contribution >= 4 is 16.9 Å². The minimum absolute atomic E-state index is 0.250. The van der Waals surface area contributed by atoms with Gasteiger partial charge in [-0.25, -0.2) is 0 Å². The third-order valence-corrected chi connectivity index (χ3v) is 7.93. The molecular formula is C8H22Si2. The molecule has 0 aliphatic rings. The average molecular weight is 174 g/mol. The van der Waals surface area contributed by atoms with E-state index in [1.807, 2.05) is 0 Å². The molecule has 0 aliphatic carbocycles. The van der Waals surface area contributed by atoms with E-state index in [9.17, 15) is 0 Å². The lowest BCUT2D eigenvalue weighted by atomic mass is 10.9. The molecule has 0 spiro atoms. The van der Waals surface area contributed by atoms with Crippen LogP contribution in [0.4, 0.5) is 0 Å². The van der Waals surface area contributed by atoms with E-state index in [0.29, 0.717) is 0 Å². The maximum atomic E-state index is 2.52. The maximum absolute atomic E-state index is 2.52. The number of hydrogen-bond acceptors (Lipinski definition) is 0. The van der Waals surface area contributed by atoms with Gasteiger partial charge in [-0.15, -0.1) is 0 Å². The normalized spacial score (nSPS) is 12.6. The first-order valence-corrected chi connectivity index (χ1v) is 11.0. The van der Waals surface area contributed by atoms with Crippen LogP contribution in [0.3, 0.4) is 0 Å². The second kappa shape index (κ2) is 4.34. The highest BCUT2D eigenvalue weighted by Crippen LogP contribution is 2.17. The number of hydrogen-bond donors (Lipinski definition) is 0. The van der Waals surface area contributed by atoms with Gasteiger partial charge in [0.1, 0.15) is 0 Å². The van der Waals surface area contributed by atoms with Gasteiger partial charge in [-0.05, 0) is 0 Å². The summed E-state index contributed by atoms with van der Waals surface area (Å²) in [6, 6.07) is 4.62. The molecule has 62 valence electrons. The molecule has 0 N–H and O–H groups in total. The molecule has 0 aliphatic heterocycles. The molecule has 0 amide bonds. The zero-order valence-corrected chi connectivity index (χ0v) is 10.4. The Hall–Kier alpha value is 0.434. The minimum Gasteiger partial charge on any atom is -0.0722 e. The standard InChI is InChI=1S/C8H22Si2/c1-6-10(4,5)8-7-9(2)3/h9H,6-8H2,1-5H3. The lowest BCUT2D eigenvalue weighted by molar-refractivity contribution is 1.23. The van der Waals surface area contributed by atoms with Crippen molar-refractivity contribution in [3.8, 4) is 0 Å². The van der Waals surface area contributed by atoms with Crippen LogP contribution in [-0.2, 0) is 0 Å². The van der Waals surface area contributed by atoms with Crippen molar-refractivity contribution in [2.45, 2.75) is 51.2 Å². The second-order valence-electron chi connectivity index (χ2n) is 4.45. The first kappa shape index (κ1) is 10.4. The van der Waals surface area contributed by atoms with Crippen LogP contribution in [0.15, 0.2) is 0 Å². The SMILES string of the molecule is CC[Si](C)(C)CC[SiH](C)C. The van der Waals surface area contributed by atoms with Crippen molar-refractivity contribution in [3.63, 3.8) is 0 Å². The van der Waals surface area contributed by atoms with Crippen molar-refractivity contribution < 1.29 is 0 Å². The fraction of sp³-hybridized carbons (Fsp3) is 1.00. The Kier molecular flexibility index (Phi) is 4.53. The fourth-order valence-electron chi connectivity index (χ4n) is 0.856. The Balaban J connectivity index is 3.46. The van der Waals surface area contributed by atoms with Crippen LogP contribution >= 0.6 is 0 Å². The van der Waals surface area contributed by atoms with E-state index in [0.717, 1.165) is 0 Å². The van der Waals surface area contributed by atoms with Crippen molar-refractivity contribution in [1.29, 1.82) is 0 Å². The molecule has 0 nitrogen and oxygen atoms in total. The topological polar surface area (TPSA) is 0 Å². The highest BCUT2D eigenvalue weighted by atomic mass is 28.3. The van der Waals surface area contributed by atoms with Crippen LogP contribution in [0.2, 0.25) is 44.3 Å². The summed E-state index contributed by atoms with van der Waals surface area (Å²) in [5, 5.41) is 0. The van der Waals surface area contributed by atoms with Gasteiger partial charge in [0.2, 0.25) is 0 Å². The van der Waals surface area contributed by atoms with Gasteiger partial charge in [0.05, 0.1) is 0 Å². The predicted molar refractivity (Wildman–Crippen MR) is 56.5 cm³/mol. The van der Waals surface area contributed by atoms with Gasteiger partial charge < -0.3 is 0 Å². The van der Waals surface area contributed by atoms with Crippen LogP contribution in [0.5, 0.6) is 0 Å². The lowest BCUT2D eigenvalue weighted by Gasteiger charge is -2.20. The van der Waals surface area contributed by atoms with Crippen molar-refractivity contribution in [1.82, 2.24) is 0 Å². The second-order valence-corrected chi connectivity index (χ2v) is 13.4. The summed E-state index contributed by atoms with van der Waals surface area (Å²) in [6.45, 7) is 12.3. The third-order valence-electron chi connectivity index (χ3n) is 2.36. The third kappa shape index (κ3) is 5.24. The van der Waals surface area contributed by atoms with Crippen molar-refractivity contribution in [2.75, 3.05) is 0 Å². The molecule has 0 aromatic heterocycles. The Labute approximate surface area is 68.7 Å². The highest BCUT2D eigenvalue weighted by molar-refractivity contribution is 6.78. The molecule has 0 saturated heterocycles. The molecule has 0 heterocycles. The maximum Gasteiger partial charge on any atom is 0.0468 e. The number of rotatable bonds is 4. The average Bonchev–Trinajstić information content (AvgIpc) is 1.85. The molecule has 0 saturated carbocycles. The van der Waals surface area contributed by atoms with E-state index in [4.69, 9.17) is 0 Å². The Morgan fingerprint density at radius 3 is 2.00 bits per heavy atom. The first-order valence-electron chi connectivity index (χ1n) is 4.48. The quantitative estimate of drug-likeness (QED) is 0.574. The van der Waals surface area contributed by atoms with E-state index in [1.54, 1.807) is 12.1 Å². The summed E-state index contributed by atoms with van der Waals surface area (Å²) in [5.74, 6) is 0. The van der Waals surface area contributed by atoms with E-state index in [1.165, 1.54) is 6.04 Å².